The molecular weight excluding hydrogens is 244 g/mol. The Labute approximate surface area is 112 Å². The molecule has 0 radical (unpaired) electrons. The van der Waals surface area contributed by atoms with E-state index in [2.05, 4.69) is 12.2 Å². The Morgan fingerprint density at radius 1 is 1.37 bits per heavy atom. The molecule has 5 heteroatoms. The Kier molecular flexibility index (Phi) is 3.24. The van der Waals surface area contributed by atoms with Crippen molar-refractivity contribution in [1.29, 1.82) is 0 Å². The second-order valence-electron chi connectivity index (χ2n) is 5.45. The average Bonchev–Trinajstić information content (AvgIpc) is 3.01. The second-order valence-corrected chi connectivity index (χ2v) is 5.45. The van der Waals surface area contributed by atoms with Gasteiger partial charge in [0.25, 0.3) is 5.69 Å². The van der Waals surface area contributed by atoms with Gasteiger partial charge in [0.15, 0.2) is 0 Å². The van der Waals surface area contributed by atoms with E-state index in [4.69, 9.17) is 4.74 Å². The predicted octanol–water partition coefficient (Wildman–Crippen LogP) is 2.57. The molecule has 0 saturated carbocycles. The lowest BCUT2D eigenvalue weighted by Gasteiger charge is -2.24. The van der Waals surface area contributed by atoms with Crippen LogP contribution >= 0.6 is 0 Å². The molecule has 1 aromatic carbocycles. The molecule has 1 N–H and O–H groups in total. The van der Waals surface area contributed by atoms with Gasteiger partial charge in [-0.25, -0.2) is 0 Å². The van der Waals surface area contributed by atoms with E-state index in [-0.39, 0.29) is 16.7 Å². The number of nitro groups is 1. The van der Waals surface area contributed by atoms with Crippen molar-refractivity contribution in [3.8, 4) is 0 Å². The molecule has 5 nitrogen and oxygen atoms in total. The van der Waals surface area contributed by atoms with Crippen LogP contribution in [-0.2, 0) is 4.74 Å². The number of nitro benzene ring substituents is 1. The third-order valence-corrected chi connectivity index (χ3v) is 4.17. The smallest absolute Gasteiger partial charge is 0.269 e. The molecule has 0 aliphatic carbocycles. The summed E-state index contributed by atoms with van der Waals surface area (Å²) in [5.41, 5.74) is 1.22. The Morgan fingerprint density at radius 3 is 2.63 bits per heavy atom. The van der Waals surface area contributed by atoms with Crippen LogP contribution in [0.15, 0.2) is 24.3 Å². The lowest BCUT2D eigenvalue weighted by Crippen LogP contribution is -2.38. The van der Waals surface area contributed by atoms with E-state index >= 15 is 0 Å². The Morgan fingerprint density at radius 2 is 2.11 bits per heavy atom. The number of benzene rings is 1. The quantitative estimate of drug-likeness (QED) is 0.669. The number of ether oxygens (including phenoxy) is 1. The van der Waals surface area contributed by atoms with Gasteiger partial charge in [0.2, 0.25) is 0 Å². The van der Waals surface area contributed by atoms with E-state index in [1.54, 1.807) is 12.1 Å². The third kappa shape index (κ3) is 2.48. The summed E-state index contributed by atoms with van der Waals surface area (Å²) in [7, 11) is 0. The van der Waals surface area contributed by atoms with Gasteiger partial charge in [0.05, 0.1) is 17.1 Å². The molecule has 3 rings (SSSR count). The van der Waals surface area contributed by atoms with Crippen LogP contribution in [0.1, 0.15) is 37.8 Å². The minimum atomic E-state index is -0.369. The van der Waals surface area contributed by atoms with Crippen LogP contribution in [0.2, 0.25) is 0 Å². The minimum absolute atomic E-state index is 0.138. The zero-order valence-electron chi connectivity index (χ0n) is 10.9. The van der Waals surface area contributed by atoms with Crippen LogP contribution in [0.4, 0.5) is 5.69 Å². The largest absolute Gasteiger partial charge is 0.373 e. The van der Waals surface area contributed by atoms with Crippen molar-refractivity contribution < 1.29 is 9.66 Å². The van der Waals surface area contributed by atoms with E-state index < -0.39 is 0 Å². The van der Waals surface area contributed by atoms with Gasteiger partial charge in [-0.15, -0.1) is 0 Å². The fraction of sp³-hybridized carbons (Fsp3) is 0.571. The number of hydrogen-bond acceptors (Lipinski definition) is 4. The molecule has 2 aliphatic heterocycles. The van der Waals surface area contributed by atoms with Gasteiger partial charge >= 0.3 is 0 Å². The summed E-state index contributed by atoms with van der Waals surface area (Å²) < 4.78 is 5.82. The highest BCUT2D eigenvalue weighted by molar-refractivity contribution is 5.34. The number of nitrogens with one attached hydrogen (secondary N) is 1. The minimum Gasteiger partial charge on any atom is -0.373 e. The highest BCUT2D eigenvalue weighted by Gasteiger charge is 2.40. The Bertz CT molecular complexity index is 474. The fourth-order valence-electron chi connectivity index (χ4n) is 3.12. The van der Waals surface area contributed by atoms with Crippen molar-refractivity contribution in [3.05, 3.63) is 39.9 Å². The van der Waals surface area contributed by atoms with Crippen molar-refractivity contribution in [2.75, 3.05) is 0 Å². The van der Waals surface area contributed by atoms with Crippen molar-refractivity contribution in [1.82, 2.24) is 5.32 Å². The number of hydrogen-bond donors (Lipinski definition) is 1. The van der Waals surface area contributed by atoms with Crippen LogP contribution in [0.25, 0.3) is 0 Å². The SMILES string of the molecule is CC(NC1CC2CCC1O2)c1ccc([N+](=O)[O-])cc1. The first-order valence-electron chi connectivity index (χ1n) is 6.79. The van der Waals surface area contributed by atoms with Crippen molar-refractivity contribution in [2.24, 2.45) is 0 Å². The monoisotopic (exact) mass is 262 g/mol. The van der Waals surface area contributed by atoms with E-state index in [9.17, 15) is 10.1 Å². The van der Waals surface area contributed by atoms with E-state index in [0.717, 1.165) is 18.4 Å². The maximum absolute atomic E-state index is 10.6. The molecular formula is C14H18N2O3. The zero-order valence-corrected chi connectivity index (χ0v) is 10.9. The van der Waals surface area contributed by atoms with E-state index in [0.29, 0.717) is 18.2 Å². The summed E-state index contributed by atoms with van der Waals surface area (Å²) in [6.07, 6.45) is 4.21. The number of nitrogens with zero attached hydrogens (tertiary/aromatic N) is 1. The van der Waals surface area contributed by atoms with Crippen LogP contribution in [0.5, 0.6) is 0 Å². The lowest BCUT2D eigenvalue weighted by molar-refractivity contribution is -0.384. The first-order chi connectivity index (χ1) is 9.13. The maximum atomic E-state index is 10.6. The molecule has 2 heterocycles. The summed E-state index contributed by atoms with van der Waals surface area (Å²) in [5, 5.41) is 14.2. The average molecular weight is 262 g/mol. The molecule has 0 spiro atoms. The molecule has 19 heavy (non-hydrogen) atoms. The Hall–Kier alpha value is -1.46. The molecule has 4 unspecified atom stereocenters. The molecule has 1 aromatic rings. The standard InChI is InChI=1S/C14H18N2O3/c1-9(10-2-4-11(5-3-10)16(17)18)15-13-8-12-6-7-14(13)19-12/h2-5,9,12-15H,6-8H2,1H3. The first kappa shape index (κ1) is 12.6. The maximum Gasteiger partial charge on any atom is 0.269 e. The summed E-state index contributed by atoms with van der Waals surface area (Å²) >= 11 is 0. The van der Waals surface area contributed by atoms with Gasteiger partial charge in [-0.05, 0) is 31.7 Å². The molecule has 2 bridgehead atoms. The van der Waals surface area contributed by atoms with Gasteiger partial charge < -0.3 is 10.1 Å². The molecule has 0 aromatic heterocycles. The summed E-state index contributed by atoms with van der Waals surface area (Å²) in [5.74, 6) is 0. The summed E-state index contributed by atoms with van der Waals surface area (Å²) in [6, 6.07) is 7.38. The predicted molar refractivity (Wildman–Crippen MR) is 70.9 cm³/mol. The second kappa shape index (κ2) is 4.90. The van der Waals surface area contributed by atoms with Crippen molar-refractivity contribution in [3.63, 3.8) is 0 Å². The lowest BCUT2D eigenvalue weighted by atomic mass is 9.94. The van der Waals surface area contributed by atoms with Crippen LogP contribution in [-0.4, -0.2) is 23.2 Å². The van der Waals surface area contributed by atoms with Gasteiger partial charge in [0, 0.05) is 24.2 Å². The third-order valence-electron chi connectivity index (χ3n) is 4.17. The van der Waals surface area contributed by atoms with Crippen molar-refractivity contribution >= 4 is 5.69 Å². The fourth-order valence-corrected chi connectivity index (χ4v) is 3.12. The number of fused-ring (bicyclic) bond motifs is 2. The zero-order chi connectivity index (χ0) is 13.4. The summed E-state index contributed by atoms with van der Waals surface area (Å²) in [6.45, 7) is 2.09. The first-order valence-corrected chi connectivity index (χ1v) is 6.79. The van der Waals surface area contributed by atoms with Gasteiger partial charge in [-0.3, -0.25) is 10.1 Å². The summed E-state index contributed by atoms with van der Waals surface area (Å²) in [4.78, 5) is 10.3. The molecule has 2 saturated heterocycles. The van der Waals surface area contributed by atoms with Crippen LogP contribution < -0.4 is 5.32 Å². The van der Waals surface area contributed by atoms with Crippen LogP contribution in [0.3, 0.4) is 0 Å². The molecule has 2 aliphatic rings. The highest BCUT2D eigenvalue weighted by atomic mass is 16.6. The number of non-ortho nitro benzene ring substituents is 1. The van der Waals surface area contributed by atoms with Gasteiger partial charge in [-0.1, -0.05) is 12.1 Å². The molecule has 4 atom stereocenters. The normalized spacial score (nSPS) is 30.5. The molecule has 2 fully saturated rings. The highest BCUT2D eigenvalue weighted by Crippen LogP contribution is 2.35. The number of rotatable bonds is 4. The van der Waals surface area contributed by atoms with Crippen LogP contribution in [0, 0.1) is 10.1 Å². The molecule has 102 valence electrons. The van der Waals surface area contributed by atoms with E-state index in [1.807, 2.05) is 12.1 Å². The van der Waals surface area contributed by atoms with Gasteiger partial charge in [-0.2, -0.15) is 0 Å². The topological polar surface area (TPSA) is 64.4 Å². The van der Waals surface area contributed by atoms with Crippen molar-refractivity contribution in [2.45, 2.75) is 50.5 Å². The van der Waals surface area contributed by atoms with Gasteiger partial charge in [0.1, 0.15) is 0 Å². The van der Waals surface area contributed by atoms with E-state index in [1.165, 1.54) is 6.42 Å². The molecule has 0 amide bonds. The Balaban J connectivity index is 1.63.